The second-order valence-electron chi connectivity index (χ2n) is 4.08. The van der Waals surface area contributed by atoms with Crippen LogP contribution in [-0.2, 0) is 6.54 Å². The molecule has 0 saturated carbocycles. The zero-order valence-electron chi connectivity index (χ0n) is 9.44. The SMILES string of the molecule is Cc1nc2ccc3cc(F)ccc3n2c1CN. The third-order valence-electron chi connectivity index (χ3n) is 3.03. The summed E-state index contributed by atoms with van der Waals surface area (Å²) >= 11 is 0. The maximum Gasteiger partial charge on any atom is 0.137 e. The van der Waals surface area contributed by atoms with Crippen LogP contribution in [0.5, 0.6) is 0 Å². The molecule has 0 saturated heterocycles. The quantitative estimate of drug-likeness (QED) is 0.696. The van der Waals surface area contributed by atoms with E-state index in [1.165, 1.54) is 12.1 Å². The minimum Gasteiger partial charge on any atom is -0.325 e. The van der Waals surface area contributed by atoms with Gasteiger partial charge in [0.2, 0.25) is 0 Å². The minimum atomic E-state index is -0.233. The summed E-state index contributed by atoms with van der Waals surface area (Å²) in [6, 6.07) is 8.49. The van der Waals surface area contributed by atoms with E-state index in [0.29, 0.717) is 6.54 Å². The molecule has 0 aliphatic heterocycles. The molecule has 2 aromatic heterocycles. The molecule has 0 bridgehead atoms. The monoisotopic (exact) mass is 229 g/mol. The van der Waals surface area contributed by atoms with E-state index in [1.807, 2.05) is 23.5 Å². The van der Waals surface area contributed by atoms with Crippen molar-refractivity contribution in [2.45, 2.75) is 13.5 Å². The van der Waals surface area contributed by atoms with Gasteiger partial charge in [0.05, 0.1) is 16.9 Å². The molecule has 4 heteroatoms. The molecule has 86 valence electrons. The van der Waals surface area contributed by atoms with Crippen molar-refractivity contribution in [1.82, 2.24) is 9.38 Å². The van der Waals surface area contributed by atoms with Crippen LogP contribution < -0.4 is 5.73 Å². The molecule has 0 aliphatic carbocycles. The number of aromatic nitrogens is 2. The number of imidazole rings is 1. The molecule has 0 radical (unpaired) electrons. The minimum absolute atomic E-state index is 0.233. The Morgan fingerprint density at radius 3 is 2.88 bits per heavy atom. The van der Waals surface area contributed by atoms with E-state index in [-0.39, 0.29) is 5.82 Å². The van der Waals surface area contributed by atoms with E-state index >= 15 is 0 Å². The Balaban J connectivity index is 2.53. The first-order valence-electron chi connectivity index (χ1n) is 5.47. The lowest BCUT2D eigenvalue weighted by Gasteiger charge is -2.05. The summed E-state index contributed by atoms with van der Waals surface area (Å²) in [4.78, 5) is 4.45. The number of pyridine rings is 1. The number of fused-ring (bicyclic) bond motifs is 3. The van der Waals surface area contributed by atoms with Gasteiger partial charge in [0, 0.05) is 11.9 Å². The maximum atomic E-state index is 13.2. The number of benzene rings is 1. The topological polar surface area (TPSA) is 43.3 Å². The molecule has 3 nitrogen and oxygen atoms in total. The summed E-state index contributed by atoms with van der Waals surface area (Å²) in [7, 11) is 0. The van der Waals surface area contributed by atoms with Gasteiger partial charge in [-0.1, -0.05) is 0 Å². The van der Waals surface area contributed by atoms with Crippen LogP contribution >= 0.6 is 0 Å². The lowest BCUT2D eigenvalue weighted by Crippen LogP contribution is -2.03. The summed E-state index contributed by atoms with van der Waals surface area (Å²) in [6.07, 6.45) is 0. The van der Waals surface area contributed by atoms with Crippen molar-refractivity contribution in [3.05, 3.63) is 47.5 Å². The van der Waals surface area contributed by atoms with Gasteiger partial charge in [-0.3, -0.25) is 4.40 Å². The second-order valence-corrected chi connectivity index (χ2v) is 4.08. The van der Waals surface area contributed by atoms with Gasteiger partial charge in [-0.25, -0.2) is 9.37 Å². The molecule has 0 atom stereocenters. The van der Waals surface area contributed by atoms with Crippen LogP contribution in [0, 0.1) is 12.7 Å². The van der Waals surface area contributed by atoms with Gasteiger partial charge in [-0.2, -0.15) is 0 Å². The number of hydrogen-bond acceptors (Lipinski definition) is 2. The van der Waals surface area contributed by atoms with E-state index in [4.69, 9.17) is 5.73 Å². The third kappa shape index (κ3) is 1.41. The molecule has 3 aromatic rings. The molecule has 0 aliphatic rings. The highest BCUT2D eigenvalue weighted by Crippen LogP contribution is 2.21. The van der Waals surface area contributed by atoms with Crippen LogP contribution in [0.3, 0.4) is 0 Å². The first kappa shape index (κ1) is 10.2. The number of halogens is 1. The molecule has 0 unspecified atom stereocenters. The standard InChI is InChI=1S/C13H12FN3/c1-8-12(7-15)17-11-4-3-10(14)6-9(11)2-5-13(17)16-8/h2-6H,7,15H2,1H3. The highest BCUT2D eigenvalue weighted by atomic mass is 19.1. The Morgan fingerprint density at radius 2 is 2.12 bits per heavy atom. The smallest absolute Gasteiger partial charge is 0.137 e. The summed E-state index contributed by atoms with van der Waals surface area (Å²) in [5, 5.41) is 0.851. The van der Waals surface area contributed by atoms with E-state index in [0.717, 1.165) is 27.9 Å². The fraction of sp³-hybridized carbons (Fsp3) is 0.154. The molecule has 1 aromatic carbocycles. The second kappa shape index (κ2) is 3.53. The third-order valence-corrected chi connectivity index (χ3v) is 3.03. The Bertz CT molecular complexity index is 715. The zero-order chi connectivity index (χ0) is 12.0. The van der Waals surface area contributed by atoms with Crippen molar-refractivity contribution >= 4 is 16.6 Å². The van der Waals surface area contributed by atoms with E-state index in [9.17, 15) is 4.39 Å². The average Bonchev–Trinajstić information content (AvgIpc) is 2.64. The van der Waals surface area contributed by atoms with Crippen LogP contribution in [0.25, 0.3) is 16.6 Å². The Hall–Kier alpha value is -1.94. The van der Waals surface area contributed by atoms with Crippen LogP contribution in [0.1, 0.15) is 11.4 Å². The first-order valence-corrected chi connectivity index (χ1v) is 5.47. The molecule has 0 fully saturated rings. The number of nitrogens with two attached hydrogens (primary N) is 1. The Morgan fingerprint density at radius 1 is 1.29 bits per heavy atom. The van der Waals surface area contributed by atoms with Crippen molar-refractivity contribution in [3.63, 3.8) is 0 Å². The fourth-order valence-electron chi connectivity index (χ4n) is 2.23. The highest BCUT2D eigenvalue weighted by molar-refractivity contribution is 5.82. The molecule has 17 heavy (non-hydrogen) atoms. The Labute approximate surface area is 97.7 Å². The van der Waals surface area contributed by atoms with Crippen LogP contribution in [0.4, 0.5) is 4.39 Å². The Kier molecular flexibility index (Phi) is 2.12. The highest BCUT2D eigenvalue weighted by Gasteiger charge is 2.09. The van der Waals surface area contributed by atoms with Gasteiger partial charge < -0.3 is 5.73 Å². The van der Waals surface area contributed by atoms with E-state index in [1.54, 1.807) is 6.07 Å². The molecule has 0 amide bonds. The fourth-order valence-corrected chi connectivity index (χ4v) is 2.23. The predicted octanol–water partition coefficient (Wildman–Crippen LogP) is 2.39. The molecule has 3 rings (SSSR count). The summed E-state index contributed by atoms with van der Waals surface area (Å²) in [5.74, 6) is -0.233. The molecule has 2 N–H and O–H groups in total. The van der Waals surface area contributed by atoms with Crippen molar-refractivity contribution in [1.29, 1.82) is 0 Å². The number of aryl methyl sites for hydroxylation is 1. The molecule has 0 spiro atoms. The van der Waals surface area contributed by atoms with Crippen molar-refractivity contribution in [2.24, 2.45) is 5.73 Å². The first-order chi connectivity index (χ1) is 8.20. The molecular weight excluding hydrogens is 217 g/mol. The number of hydrogen-bond donors (Lipinski definition) is 1. The zero-order valence-corrected chi connectivity index (χ0v) is 9.44. The lowest BCUT2D eigenvalue weighted by atomic mass is 10.2. The maximum absolute atomic E-state index is 13.2. The normalized spacial score (nSPS) is 11.5. The van der Waals surface area contributed by atoms with Crippen LogP contribution in [0.15, 0.2) is 30.3 Å². The molecular formula is C13H12FN3. The summed E-state index contributed by atoms with van der Waals surface area (Å²) in [5.41, 5.74) is 9.42. The van der Waals surface area contributed by atoms with Crippen LogP contribution in [0.2, 0.25) is 0 Å². The van der Waals surface area contributed by atoms with Gasteiger partial charge in [0.1, 0.15) is 11.5 Å². The number of rotatable bonds is 1. The summed E-state index contributed by atoms with van der Waals surface area (Å²) < 4.78 is 15.2. The van der Waals surface area contributed by atoms with Gasteiger partial charge >= 0.3 is 0 Å². The van der Waals surface area contributed by atoms with Crippen molar-refractivity contribution in [2.75, 3.05) is 0 Å². The molecule has 2 heterocycles. The van der Waals surface area contributed by atoms with Gasteiger partial charge in [0.25, 0.3) is 0 Å². The largest absolute Gasteiger partial charge is 0.325 e. The van der Waals surface area contributed by atoms with Crippen molar-refractivity contribution in [3.8, 4) is 0 Å². The van der Waals surface area contributed by atoms with E-state index < -0.39 is 0 Å². The number of nitrogens with zero attached hydrogens (tertiary/aromatic N) is 2. The average molecular weight is 229 g/mol. The van der Waals surface area contributed by atoms with Gasteiger partial charge in [0.15, 0.2) is 0 Å². The van der Waals surface area contributed by atoms with E-state index in [2.05, 4.69) is 4.98 Å². The predicted molar refractivity (Wildman–Crippen MR) is 65.3 cm³/mol. The van der Waals surface area contributed by atoms with Gasteiger partial charge in [-0.15, -0.1) is 0 Å². The summed E-state index contributed by atoms with van der Waals surface area (Å²) in [6.45, 7) is 2.36. The van der Waals surface area contributed by atoms with Crippen LogP contribution in [-0.4, -0.2) is 9.38 Å². The lowest BCUT2D eigenvalue weighted by molar-refractivity contribution is 0.629. The van der Waals surface area contributed by atoms with Crippen molar-refractivity contribution < 1.29 is 4.39 Å². The van der Waals surface area contributed by atoms with Gasteiger partial charge in [-0.05, 0) is 37.3 Å².